The first-order chi connectivity index (χ1) is 13.3. The molecule has 27 heavy (non-hydrogen) atoms. The summed E-state index contributed by atoms with van der Waals surface area (Å²) in [6, 6.07) is 1.93. The monoisotopic (exact) mass is 371 g/mol. The molecule has 0 unspecified atom stereocenters. The van der Waals surface area contributed by atoms with Crippen molar-refractivity contribution in [2.24, 2.45) is 4.99 Å². The molecule has 2 aliphatic rings. The van der Waals surface area contributed by atoms with Gasteiger partial charge in [0, 0.05) is 78.0 Å². The van der Waals surface area contributed by atoms with Gasteiger partial charge in [0.2, 0.25) is 0 Å². The van der Waals surface area contributed by atoms with Crippen LogP contribution in [0.1, 0.15) is 30.1 Å². The number of piperazine rings is 1. The Morgan fingerprint density at radius 3 is 2.81 bits per heavy atom. The Labute approximate surface area is 160 Å². The molecule has 2 aromatic rings. The maximum Gasteiger partial charge on any atom is 0.193 e. The second-order valence-electron chi connectivity index (χ2n) is 7.28. The molecule has 1 saturated heterocycles. The summed E-state index contributed by atoms with van der Waals surface area (Å²) in [6.45, 7) is 6.77. The Balaban J connectivity index is 1.22. The normalized spacial score (nSPS) is 18.6. The quantitative estimate of drug-likeness (QED) is 0.628. The van der Waals surface area contributed by atoms with Crippen molar-refractivity contribution in [3.05, 3.63) is 35.7 Å². The van der Waals surface area contributed by atoms with Gasteiger partial charge in [0.15, 0.2) is 5.96 Å². The molecule has 0 amide bonds. The summed E-state index contributed by atoms with van der Waals surface area (Å²) in [4.78, 5) is 14.0. The van der Waals surface area contributed by atoms with E-state index in [-0.39, 0.29) is 0 Å². The molecular weight excluding hydrogens is 342 g/mol. The molecule has 2 aliphatic heterocycles. The lowest BCUT2D eigenvalue weighted by Gasteiger charge is -2.36. The van der Waals surface area contributed by atoms with Crippen LogP contribution in [0, 0.1) is 0 Å². The van der Waals surface area contributed by atoms with Crippen molar-refractivity contribution >= 4 is 5.96 Å². The largest absolute Gasteiger partial charge is 0.364 e. The molecule has 0 bridgehead atoms. The van der Waals surface area contributed by atoms with Crippen LogP contribution in [0.4, 0.5) is 0 Å². The van der Waals surface area contributed by atoms with Crippen LogP contribution in [0.5, 0.6) is 0 Å². The van der Waals surface area contributed by atoms with Gasteiger partial charge in [-0.05, 0) is 12.8 Å². The number of aryl methyl sites for hydroxylation is 2. The van der Waals surface area contributed by atoms with Crippen LogP contribution in [0.2, 0.25) is 0 Å². The third kappa shape index (κ3) is 4.50. The van der Waals surface area contributed by atoms with Crippen molar-refractivity contribution in [2.45, 2.75) is 38.8 Å². The molecule has 8 nitrogen and oxygen atoms in total. The van der Waals surface area contributed by atoms with Gasteiger partial charge in [-0.3, -0.25) is 9.89 Å². The number of imidazole rings is 1. The molecule has 4 rings (SSSR count). The summed E-state index contributed by atoms with van der Waals surface area (Å²) in [7, 11) is 1.86. The van der Waals surface area contributed by atoms with E-state index >= 15 is 0 Å². The van der Waals surface area contributed by atoms with E-state index in [0.717, 1.165) is 70.3 Å². The van der Waals surface area contributed by atoms with Gasteiger partial charge in [0.1, 0.15) is 12.1 Å². The topological polar surface area (TPSA) is 74.7 Å². The summed E-state index contributed by atoms with van der Waals surface area (Å²) in [5.41, 5.74) is 2.18. The van der Waals surface area contributed by atoms with E-state index in [1.54, 1.807) is 6.26 Å². The summed E-state index contributed by atoms with van der Waals surface area (Å²) in [5, 5.41) is 7.51. The molecule has 1 fully saturated rings. The zero-order valence-electron chi connectivity index (χ0n) is 16.1. The highest BCUT2D eigenvalue weighted by molar-refractivity contribution is 5.80. The van der Waals surface area contributed by atoms with E-state index in [1.165, 1.54) is 24.4 Å². The SMILES string of the molecule is CN=C(NCCc1cn2c(n1)CCCC2)N1CCN(Cc2ccon2)CC1. The van der Waals surface area contributed by atoms with Gasteiger partial charge in [0.05, 0.1) is 11.4 Å². The molecular formula is C19H29N7O. The first-order valence-corrected chi connectivity index (χ1v) is 9.94. The van der Waals surface area contributed by atoms with Crippen LogP contribution in [0.15, 0.2) is 28.0 Å². The van der Waals surface area contributed by atoms with Crippen LogP contribution in [0.3, 0.4) is 0 Å². The Morgan fingerprint density at radius 2 is 2.07 bits per heavy atom. The van der Waals surface area contributed by atoms with Gasteiger partial charge in [-0.25, -0.2) is 4.98 Å². The number of hydrogen-bond acceptors (Lipinski definition) is 5. The average Bonchev–Trinajstić information content (AvgIpc) is 3.35. The minimum Gasteiger partial charge on any atom is -0.364 e. The molecule has 8 heteroatoms. The van der Waals surface area contributed by atoms with E-state index in [9.17, 15) is 0 Å². The van der Waals surface area contributed by atoms with Gasteiger partial charge in [-0.15, -0.1) is 0 Å². The first kappa shape index (κ1) is 18.0. The highest BCUT2D eigenvalue weighted by Gasteiger charge is 2.20. The predicted molar refractivity (Wildman–Crippen MR) is 104 cm³/mol. The van der Waals surface area contributed by atoms with E-state index in [0.29, 0.717) is 0 Å². The highest BCUT2D eigenvalue weighted by atomic mass is 16.5. The number of hydrogen-bond donors (Lipinski definition) is 1. The molecule has 0 radical (unpaired) electrons. The zero-order chi connectivity index (χ0) is 18.5. The fraction of sp³-hybridized carbons (Fsp3) is 0.632. The van der Waals surface area contributed by atoms with Gasteiger partial charge >= 0.3 is 0 Å². The third-order valence-corrected chi connectivity index (χ3v) is 5.38. The standard InChI is InChI=1S/C19H29N7O/c1-20-19(21-7-5-16-15-26-8-3-2-4-18(26)22-16)25-11-9-24(10-12-25)14-17-6-13-27-23-17/h6,13,15H,2-5,7-12,14H2,1H3,(H,20,21). The van der Waals surface area contributed by atoms with Crippen LogP contribution >= 0.6 is 0 Å². The minimum atomic E-state index is 0.849. The summed E-state index contributed by atoms with van der Waals surface area (Å²) >= 11 is 0. The molecule has 0 saturated carbocycles. The van der Waals surface area contributed by atoms with E-state index in [4.69, 9.17) is 9.51 Å². The van der Waals surface area contributed by atoms with Crippen molar-refractivity contribution in [3.63, 3.8) is 0 Å². The van der Waals surface area contributed by atoms with Crippen molar-refractivity contribution in [3.8, 4) is 0 Å². The molecule has 0 spiro atoms. The molecule has 4 heterocycles. The van der Waals surface area contributed by atoms with Crippen LogP contribution in [0.25, 0.3) is 0 Å². The second-order valence-corrected chi connectivity index (χ2v) is 7.28. The van der Waals surface area contributed by atoms with Crippen molar-refractivity contribution in [1.82, 2.24) is 29.8 Å². The van der Waals surface area contributed by atoms with E-state index in [2.05, 4.69) is 36.0 Å². The maximum absolute atomic E-state index is 4.92. The second kappa shape index (κ2) is 8.56. The van der Waals surface area contributed by atoms with Crippen molar-refractivity contribution in [2.75, 3.05) is 39.8 Å². The Bertz CT molecular complexity index is 721. The fourth-order valence-corrected chi connectivity index (χ4v) is 3.89. The Morgan fingerprint density at radius 1 is 1.19 bits per heavy atom. The van der Waals surface area contributed by atoms with Crippen molar-refractivity contribution in [1.29, 1.82) is 0 Å². The van der Waals surface area contributed by atoms with Crippen LogP contribution in [-0.2, 0) is 25.9 Å². The number of guanidine groups is 1. The van der Waals surface area contributed by atoms with Crippen molar-refractivity contribution < 1.29 is 4.52 Å². The molecule has 0 aromatic carbocycles. The van der Waals surface area contributed by atoms with E-state index < -0.39 is 0 Å². The fourth-order valence-electron chi connectivity index (χ4n) is 3.89. The summed E-state index contributed by atoms with van der Waals surface area (Å²) in [6.07, 6.45) is 8.45. The number of fused-ring (bicyclic) bond motifs is 1. The molecule has 0 aliphatic carbocycles. The molecule has 0 atom stereocenters. The highest BCUT2D eigenvalue weighted by Crippen LogP contribution is 2.14. The first-order valence-electron chi connectivity index (χ1n) is 9.94. The zero-order valence-corrected chi connectivity index (χ0v) is 16.1. The Hall–Kier alpha value is -2.35. The smallest absolute Gasteiger partial charge is 0.193 e. The maximum atomic E-state index is 4.92. The number of rotatable bonds is 5. The minimum absolute atomic E-state index is 0.849. The molecule has 1 N–H and O–H groups in total. The van der Waals surface area contributed by atoms with Gasteiger partial charge < -0.3 is 19.3 Å². The third-order valence-electron chi connectivity index (χ3n) is 5.38. The predicted octanol–water partition coefficient (Wildman–Crippen LogP) is 1.14. The number of aliphatic imine (C=N–C) groups is 1. The molecule has 146 valence electrons. The lowest BCUT2D eigenvalue weighted by atomic mass is 10.2. The van der Waals surface area contributed by atoms with Gasteiger partial charge in [0.25, 0.3) is 0 Å². The summed E-state index contributed by atoms with van der Waals surface area (Å²) < 4.78 is 7.24. The molecule has 2 aromatic heterocycles. The number of nitrogens with one attached hydrogen (secondary N) is 1. The Kier molecular flexibility index (Phi) is 5.72. The number of nitrogens with zero attached hydrogens (tertiary/aromatic N) is 6. The van der Waals surface area contributed by atoms with E-state index in [1.807, 2.05) is 13.1 Å². The van der Waals surface area contributed by atoms with Crippen LogP contribution < -0.4 is 5.32 Å². The summed E-state index contributed by atoms with van der Waals surface area (Å²) in [5.74, 6) is 2.24. The number of aromatic nitrogens is 3. The average molecular weight is 371 g/mol. The lowest BCUT2D eigenvalue weighted by molar-refractivity contribution is 0.169. The van der Waals surface area contributed by atoms with Crippen LogP contribution in [-0.4, -0.2) is 70.2 Å². The van der Waals surface area contributed by atoms with Gasteiger partial charge in [-0.2, -0.15) is 0 Å². The van der Waals surface area contributed by atoms with Gasteiger partial charge in [-0.1, -0.05) is 5.16 Å². The lowest BCUT2D eigenvalue weighted by Crippen LogP contribution is -2.52.